The van der Waals surface area contributed by atoms with Crippen molar-refractivity contribution in [3.05, 3.63) is 83.9 Å². The normalized spacial score (nSPS) is 11.9. The fraction of sp³-hybridized carbons (Fsp3) is 0.286. The Morgan fingerprint density at radius 3 is 1.05 bits per heavy atom. The van der Waals surface area contributed by atoms with E-state index in [1.54, 1.807) is 27.7 Å². The molecule has 0 saturated heterocycles. The minimum absolute atomic E-state index is 0.143. The van der Waals surface area contributed by atoms with Crippen LogP contribution in [0.5, 0.6) is 0 Å². The molecule has 0 heterocycles. The Labute approximate surface area is 236 Å². The largest absolute Gasteiger partial charge is 0.322 e. The summed E-state index contributed by atoms with van der Waals surface area (Å²) in [6, 6.07) is 17.9. The molecule has 0 spiro atoms. The molecule has 0 saturated carbocycles. The minimum Gasteiger partial charge on any atom is -0.322 e. The fourth-order valence-corrected chi connectivity index (χ4v) is 6.94. The Morgan fingerprint density at radius 1 is 0.525 bits per heavy atom. The molecule has 3 aromatic rings. The Hall–Kier alpha value is -3.58. The van der Waals surface area contributed by atoms with Gasteiger partial charge in [0.05, 0.1) is 9.79 Å². The van der Waals surface area contributed by atoms with E-state index in [0.29, 0.717) is 48.7 Å². The molecule has 12 heteroatoms. The third kappa shape index (κ3) is 6.94. The molecule has 3 rings (SSSR count). The number of anilines is 2. The molecule has 0 fully saturated rings. The summed E-state index contributed by atoms with van der Waals surface area (Å²) in [6.45, 7) is 8.51. The van der Waals surface area contributed by atoms with Crippen LogP contribution in [0.1, 0.15) is 48.4 Å². The first-order chi connectivity index (χ1) is 19.0. The van der Waals surface area contributed by atoms with Gasteiger partial charge in [0.2, 0.25) is 20.0 Å². The monoisotopic (exact) mass is 586 g/mol. The van der Waals surface area contributed by atoms with Gasteiger partial charge in [-0.15, -0.1) is 0 Å². The summed E-state index contributed by atoms with van der Waals surface area (Å²) in [5.74, 6) is -0.840. The van der Waals surface area contributed by atoms with Gasteiger partial charge in [0.1, 0.15) is 0 Å². The Kier molecular flexibility index (Phi) is 10.2. The summed E-state index contributed by atoms with van der Waals surface area (Å²) < 4.78 is 53.2. The number of nitrogens with one attached hydrogen (secondary N) is 2. The number of hydrogen-bond acceptors (Lipinski definition) is 6. The molecule has 0 aliphatic rings. The minimum atomic E-state index is -3.59. The number of hydrogen-bond donors (Lipinski definition) is 2. The highest BCUT2D eigenvalue weighted by Crippen LogP contribution is 2.20. The maximum Gasteiger partial charge on any atom is 0.255 e. The van der Waals surface area contributed by atoms with E-state index in [4.69, 9.17) is 0 Å². The van der Waals surface area contributed by atoms with Gasteiger partial charge in [-0.2, -0.15) is 8.61 Å². The molecule has 0 aromatic heterocycles. The maximum atomic E-state index is 12.7. The third-order valence-electron chi connectivity index (χ3n) is 6.32. The Balaban J connectivity index is 1.63. The van der Waals surface area contributed by atoms with Crippen LogP contribution in [-0.2, 0) is 20.0 Å². The summed E-state index contributed by atoms with van der Waals surface area (Å²) in [5.41, 5.74) is 1.47. The zero-order chi connectivity index (χ0) is 29.5. The van der Waals surface area contributed by atoms with Crippen LogP contribution in [0.2, 0.25) is 0 Å². The van der Waals surface area contributed by atoms with Gasteiger partial charge in [-0.25, -0.2) is 16.8 Å². The second-order valence-electron chi connectivity index (χ2n) is 8.71. The molecular formula is C28H34N4O6S2. The van der Waals surface area contributed by atoms with Crippen molar-refractivity contribution in [1.29, 1.82) is 0 Å². The smallest absolute Gasteiger partial charge is 0.255 e. The van der Waals surface area contributed by atoms with Gasteiger partial charge in [0, 0.05) is 48.7 Å². The third-order valence-corrected chi connectivity index (χ3v) is 10.4. The van der Waals surface area contributed by atoms with Crippen LogP contribution in [0, 0.1) is 0 Å². The van der Waals surface area contributed by atoms with Crippen molar-refractivity contribution in [1.82, 2.24) is 8.61 Å². The summed E-state index contributed by atoms with van der Waals surface area (Å²) in [7, 11) is -7.19. The summed E-state index contributed by atoms with van der Waals surface area (Å²) >= 11 is 0. The lowest BCUT2D eigenvalue weighted by Crippen LogP contribution is -2.30. The van der Waals surface area contributed by atoms with E-state index in [2.05, 4.69) is 10.6 Å². The molecule has 2 N–H and O–H groups in total. The fourth-order valence-electron chi connectivity index (χ4n) is 4.03. The van der Waals surface area contributed by atoms with Gasteiger partial charge in [-0.05, 0) is 72.8 Å². The van der Waals surface area contributed by atoms with Gasteiger partial charge in [0.25, 0.3) is 11.8 Å². The van der Waals surface area contributed by atoms with Crippen LogP contribution in [-0.4, -0.2) is 63.4 Å². The van der Waals surface area contributed by atoms with Crippen LogP contribution in [0.25, 0.3) is 0 Å². The summed E-state index contributed by atoms with van der Waals surface area (Å²) in [6.07, 6.45) is 0. The number of nitrogens with zero attached hydrogens (tertiary/aromatic N) is 2. The molecule has 0 atom stereocenters. The van der Waals surface area contributed by atoms with E-state index in [0.717, 1.165) is 0 Å². The highest BCUT2D eigenvalue weighted by atomic mass is 32.2. The molecule has 0 bridgehead atoms. The second-order valence-corrected chi connectivity index (χ2v) is 12.6. The van der Waals surface area contributed by atoms with Gasteiger partial charge < -0.3 is 10.6 Å². The molecule has 214 valence electrons. The van der Waals surface area contributed by atoms with Crippen molar-refractivity contribution < 1.29 is 26.4 Å². The summed E-state index contributed by atoms with van der Waals surface area (Å²) in [5, 5.41) is 5.43. The van der Waals surface area contributed by atoms with Crippen molar-refractivity contribution >= 4 is 43.2 Å². The van der Waals surface area contributed by atoms with Crippen LogP contribution in [0.3, 0.4) is 0 Å². The van der Waals surface area contributed by atoms with Gasteiger partial charge >= 0.3 is 0 Å². The van der Waals surface area contributed by atoms with E-state index in [9.17, 15) is 26.4 Å². The molecule has 2 amide bonds. The second kappa shape index (κ2) is 13.2. The number of carbonyl (C=O) groups excluding carboxylic acids is 2. The van der Waals surface area contributed by atoms with E-state index in [1.807, 2.05) is 0 Å². The average Bonchev–Trinajstić information content (AvgIpc) is 2.94. The lowest BCUT2D eigenvalue weighted by molar-refractivity contribution is 0.101. The SMILES string of the molecule is CCN(CC)S(=O)(=O)c1ccc(NC(=O)c2ccc(C(=O)Nc3ccc(S(=O)(=O)N(CC)CC)cc3)cc2)cc1. The lowest BCUT2D eigenvalue weighted by atomic mass is 10.1. The number of rotatable bonds is 12. The first-order valence-corrected chi connectivity index (χ1v) is 15.8. The van der Waals surface area contributed by atoms with Crippen molar-refractivity contribution in [2.45, 2.75) is 37.5 Å². The molecule has 0 aliphatic heterocycles. The molecule has 0 aliphatic carbocycles. The number of benzene rings is 3. The average molecular weight is 587 g/mol. The maximum absolute atomic E-state index is 12.7. The molecule has 3 aromatic carbocycles. The number of carbonyl (C=O) groups is 2. The summed E-state index contributed by atoms with van der Waals surface area (Å²) in [4.78, 5) is 25.7. The van der Waals surface area contributed by atoms with Crippen LogP contribution >= 0.6 is 0 Å². The van der Waals surface area contributed by atoms with Crippen molar-refractivity contribution in [3.8, 4) is 0 Å². The van der Waals surface area contributed by atoms with Crippen LogP contribution < -0.4 is 10.6 Å². The quantitative estimate of drug-likeness (QED) is 0.326. The molecule has 40 heavy (non-hydrogen) atoms. The predicted molar refractivity (Wildman–Crippen MR) is 155 cm³/mol. The van der Waals surface area contributed by atoms with E-state index < -0.39 is 31.9 Å². The molecule has 10 nitrogen and oxygen atoms in total. The standard InChI is InChI=1S/C28H34N4O6S2/c1-5-31(6-2)39(35,36)25-17-13-23(14-18-25)29-27(33)21-9-11-22(12-10-21)28(34)30-24-15-19-26(20-16-24)40(37,38)32(7-3)8-4/h9-20H,5-8H2,1-4H3,(H,29,33)(H,30,34). The first kappa shape index (κ1) is 31.0. The van der Waals surface area contributed by atoms with Crippen molar-refractivity contribution in [3.63, 3.8) is 0 Å². The van der Waals surface area contributed by atoms with Gasteiger partial charge in [-0.1, -0.05) is 27.7 Å². The predicted octanol–water partition coefficient (Wildman–Crippen LogP) is 4.25. The zero-order valence-electron chi connectivity index (χ0n) is 22.9. The highest BCUT2D eigenvalue weighted by molar-refractivity contribution is 7.89. The van der Waals surface area contributed by atoms with Crippen LogP contribution in [0.4, 0.5) is 11.4 Å². The molecule has 0 unspecified atom stereocenters. The van der Waals surface area contributed by atoms with E-state index in [-0.39, 0.29) is 9.79 Å². The van der Waals surface area contributed by atoms with E-state index in [1.165, 1.54) is 81.4 Å². The number of amides is 2. The van der Waals surface area contributed by atoms with Crippen molar-refractivity contribution in [2.75, 3.05) is 36.8 Å². The molecule has 0 radical (unpaired) electrons. The molecular weight excluding hydrogens is 552 g/mol. The number of sulfonamides is 2. The zero-order valence-corrected chi connectivity index (χ0v) is 24.6. The topological polar surface area (TPSA) is 133 Å². The van der Waals surface area contributed by atoms with Crippen LogP contribution in [0.15, 0.2) is 82.6 Å². The van der Waals surface area contributed by atoms with Gasteiger partial charge in [0.15, 0.2) is 0 Å². The van der Waals surface area contributed by atoms with Gasteiger partial charge in [-0.3, -0.25) is 9.59 Å². The Morgan fingerprint density at radius 2 is 0.800 bits per heavy atom. The highest BCUT2D eigenvalue weighted by Gasteiger charge is 2.22. The Bertz CT molecular complexity index is 1410. The van der Waals surface area contributed by atoms with E-state index >= 15 is 0 Å². The lowest BCUT2D eigenvalue weighted by Gasteiger charge is -2.18. The first-order valence-electron chi connectivity index (χ1n) is 12.9. The van der Waals surface area contributed by atoms with Crippen molar-refractivity contribution in [2.24, 2.45) is 0 Å².